The van der Waals surface area contributed by atoms with Gasteiger partial charge in [0.2, 0.25) is 0 Å². The highest BCUT2D eigenvalue weighted by Crippen LogP contribution is 2.29. The van der Waals surface area contributed by atoms with Crippen LogP contribution in [0, 0.1) is 6.92 Å². The third-order valence-corrected chi connectivity index (χ3v) is 4.89. The molecule has 29 heavy (non-hydrogen) atoms. The highest BCUT2D eigenvalue weighted by atomic mass is 35.5. The summed E-state index contributed by atoms with van der Waals surface area (Å²) in [6, 6.07) is 20.7. The van der Waals surface area contributed by atoms with Crippen LogP contribution in [0.3, 0.4) is 0 Å². The molecule has 0 spiro atoms. The van der Waals surface area contributed by atoms with Crippen LogP contribution in [-0.2, 0) is 13.2 Å². The Kier molecular flexibility index (Phi) is 5.44. The van der Waals surface area contributed by atoms with Gasteiger partial charge in [0.15, 0.2) is 5.82 Å². The molecular formula is C22H19ClN4O2. The number of phenols is 1. The van der Waals surface area contributed by atoms with Crippen LogP contribution in [0.25, 0.3) is 11.4 Å². The van der Waals surface area contributed by atoms with Gasteiger partial charge in [0.05, 0.1) is 6.54 Å². The number of rotatable bonds is 6. The zero-order chi connectivity index (χ0) is 20.2. The average molecular weight is 407 g/mol. The normalized spacial score (nSPS) is 10.8. The summed E-state index contributed by atoms with van der Waals surface area (Å²) in [5.41, 5.74) is 3.42. The van der Waals surface area contributed by atoms with Crippen molar-refractivity contribution in [1.82, 2.24) is 20.2 Å². The fourth-order valence-corrected chi connectivity index (χ4v) is 3.27. The van der Waals surface area contributed by atoms with Gasteiger partial charge in [0.25, 0.3) is 0 Å². The number of benzene rings is 3. The van der Waals surface area contributed by atoms with E-state index in [-0.39, 0.29) is 5.75 Å². The number of nitrogens with zero attached hydrogens (tertiary/aromatic N) is 4. The summed E-state index contributed by atoms with van der Waals surface area (Å²) >= 11 is 6.23. The summed E-state index contributed by atoms with van der Waals surface area (Å²) in [5.74, 6) is 1.48. The van der Waals surface area contributed by atoms with Gasteiger partial charge >= 0.3 is 0 Å². The minimum absolute atomic E-state index is 0.201. The monoisotopic (exact) mass is 406 g/mol. The molecule has 0 bridgehead atoms. The van der Waals surface area contributed by atoms with Crippen LogP contribution in [-0.4, -0.2) is 25.3 Å². The molecule has 0 unspecified atom stereocenters. The maximum absolute atomic E-state index is 10.0. The van der Waals surface area contributed by atoms with E-state index in [0.29, 0.717) is 29.7 Å². The van der Waals surface area contributed by atoms with Gasteiger partial charge < -0.3 is 9.84 Å². The standard InChI is InChI=1S/C22H19ClN4O2/c1-15-19(8-5-9-20(15)28)22-24-25-26-27(22)13-17-12-18(23)10-11-21(17)29-14-16-6-3-2-4-7-16/h2-12,28H,13-14H2,1H3. The van der Waals surface area contributed by atoms with Crippen LogP contribution in [0.1, 0.15) is 16.7 Å². The largest absolute Gasteiger partial charge is 0.508 e. The Morgan fingerprint density at radius 3 is 2.69 bits per heavy atom. The Labute approximate surface area is 173 Å². The predicted molar refractivity (Wildman–Crippen MR) is 111 cm³/mol. The van der Waals surface area contributed by atoms with E-state index in [1.54, 1.807) is 22.9 Å². The number of hydrogen-bond acceptors (Lipinski definition) is 5. The number of aromatic hydroxyl groups is 1. The zero-order valence-corrected chi connectivity index (χ0v) is 16.5. The molecule has 0 radical (unpaired) electrons. The highest BCUT2D eigenvalue weighted by molar-refractivity contribution is 6.30. The predicted octanol–water partition coefficient (Wildman–Crippen LogP) is 4.63. The number of aromatic nitrogens is 4. The lowest BCUT2D eigenvalue weighted by atomic mass is 10.1. The molecule has 7 heteroatoms. The summed E-state index contributed by atoms with van der Waals surface area (Å²) < 4.78 is 7.70. The molecule has 4 aromatic rings. The Bertz CT molecular complexity index is 1130. The quantitative estimate of drug-likeness (QED) is 0.505. The van der Waals surface area contributed by atoms with Crippen molar-refractivity contribution in [2.24, 2.45) is 0 Å². The van der Waals surface area contributed by atoms with Gasteiger partial charge in [-0.1, -0.05) is 54.1 Å². The van der Waals surface area contributed by atoms with Gasteiger partial charge in [0.1, 0.15) is 18.1 Å². The number of phenolic OH excluding ortho intramolecular Hbond substituents is 1. The molecule has 0 aliphatic heterocycles. The first-order valence-electron chi connectivity index (χ1n) is 9.12. The van der Waals surface area contributed by atoms with Gasteiger partial charge in [-0.2, -0.15) is 0 Å². The molecule has 0 aliphatic carbocycles. The van der Waals surface area contributed by atoms with Crippen molar-refractivity contribution in [2.45, 2.75) is 20.1 Å². The lowest BCUT2D eigenvalue weighted by Gasteiger charge is -2.13. The Hall–Kier alpha value is -3.38. The molecule has 0 aliphatic rings. The van der Waals surface area contributed by atoms with Gasteiger partial charge in [-0.05, 0) is 47.2 Å². The summed E-state index contributed by atoms with van der Waals surface area (Å²) in [5, 5.41) is 22.7. The third kappa shape index (κ3) is 4.22. The second-order valence-corrected chi connectivity index (χ2v) is 7.07. The molecule has 1 N–H and O–H groups in total. The molecule has 0 amide bonds. The Morgan fingerprint density at radius 1 is 1.03 bits per heavy atom. The van der Waals surface area contributed by atoms with Crippen molar-refractivity contribution in [3.05, 3.63) is 88.4 Å². The van der Waals surface area contributed by atoms with E-state index in [2.05, 4.69) is 15.5 Å². The lowest BCUT2D eigenvalue weighted by Crippen LogP contribution is -2.07. The summed E-state index contributed by atoms with van der Waals surface area (Å²) in [6.07, 6.45) is 0. The summed E-state index contributed by atoms with van der Waals surface area (Å²) in [7, 11) is 0. The molecule has 0 atom stereocenters. The molecular weight excluding hydrogens is 388 g/mol. The number of hydrogen-bond donors (Lipinski definition) is 1. The van der Waals surface area contributed by atoms with Crippen molar-refractivity contribution in [2.75, 3.05) is 0 Å². The van der Waals surface area contributed by atoms with Gasteiger partial charge in [-0.25, -0.2) is 4.68 Å². The molecule has 0 saturated carbocycles. The minimum Gasteiger partial charge on any atom is -0.508 e. The van der Waals surface area contributed by atoms with Crippen LogP contribution >= 0.6 is 11.6 Å². The lowest BCUT2D eigenvalue weighted by molar-refractivity contribution is 0.302. The molecule has 1 heterocycles. The van der Waals surface area contributed by atoms with Crippen molar-refractivity contribution >= 4 is 11.6 Å². The molecule has 3 aromatic carbocycles. The van der Waals surface area contributed by atoms with E-state index in [0.717, 1.165) is 22.3 Å². The Morgan fingerprint density at radius 2 is 1.86 bits per heavy atom. The van der Waals surface area contributed by atoms with Crippen LogP contribution in [0.5, 0.6) is 11.5 Å². The second-order valence-electron chi connectivity index (χ2n) is 6.64. The van der Waals surface area contributed by atoms with E-state index < -0.39 is 0 Å². The van der Waals surface area contributed by atoms with Crippen LogP contribution < -0.4 is 4.74 Å². The van der Waals surface area contributed by atoms with E-state index in [9.17, 15) is 5.11 Å². The number of ether oxygens (including phenoxy) is 1. The molecule has 1 aromatic heterocycles. The first-order valence-corrected chi connectivity index (χ1v) is 9.50. The van der Waals surface area contributed by atoms with Crippen molar-refractivity contribution in [1.29, 1.82) is 0 Å². The first kappa shape index (κ1) is 19.0. The fourth-order valence-electron chi connectivity index (χ4n) is 3.08. The van der Waals surface area contributed by atoms with Crippen molar-refractivity contribution < 1.29 is 9.84 Å². The minimum atomic E-state index is 0.201. The van der Waals surface area contributed by atoms with Crippen LogP contribution in [0.15, 0.2) is 66.7 Å². The number of tetrazole rings is 1. The smallest absolute Gasteiger partial charge is 0.182 e. The van der Waals surface area contributed by atoms with Gasteiger partial charge in [0, 0.05) is 21.7 Å². The third-order valence-electron chi connectivity index (χ3n) is 4.66. The first-order chi connectivity index (χ1) is 14.1. The number of halogens is 1. The maximum atomic E-state index is 10.0. The SMILES string of the molecule is Cc1c(O)cccc1-c1nnnn1Cc1cc(Cl)ccc1OCc1ccccc1. The van der Waals surface area contributed by atoms with Crippen LogP contribution in [0.4, 0.5) is 0 Å². The zero-order valence-electron chi connectivity index (χ0n) is 15.8. The fraction of sp³-hybridized carbons (Fsp3) is 0.136. The van der Waals surface area contributed by atoms with Crippen molar-refractivity contribution in [3.8, 4) is 22.9 Å². The molecule has 0 saturated heterocycles. The molecule has 4 rings (SSSR count). The van der Waals surface area contributed by atoms with Crippen molar-refractivity contribution in [3.63, 3.8) is 0 Å². The van der Waals surface area contributed by atoms with E-state index in [1.807, 2.05) is 55.5 Å². The van der Waals surface area contributed by atoms with Gasteiger partial charge in [-0.3, -0.25) is 0 Å². The second kappa shape index (κ2) is 8.32. The average Bonchev–Trinajstić information content (AvgIpc) is 3.18. The maximum Gasteiger partial charge on any atom is 0.182 e. The molecule has 146 valence electrons. The topological polar surface area (TPSA) is 73.1 Å². The van der Waals surface area contributed by atoms with Crippen LogP contribution in [0.2, 0.25) is 5.02 Å². The van der Waals surface area contributed by atoms with E-state index >= 15 is 0 Å². The van der Waals surface area contributed by atoms with E-state index in [4.69, 9.17) is 16.3 Å². The molecule has 6 nitrogen and oxygen atoms in total. The molecule has 0 fully saturated rings. The Balaban J connectivity index is 1.63. The van der Waals surface area contributed by atoms with Gasteiger partial charge in [-0.15, -0.1) is 5.10 Å². The highest BCUT2D eigenvalue weighted by Gasteiger charge is 2.15. The summed E-state index contributed by atoms with van der Waals surface area (Å²) in [4.78, 5) is 0. The summed E-state index contributed by atoms with van der Waals surface area (Å²) in [6.45, 7) is 2.66. The van der Waals surface area contributed by atoms with E-state index in [1.165, 1.54) is 0 Å².